The van der Waals surface area contributed by atoms with Crippen molar-refractivity contribution in [1.82, 2.24) is 39.9 Å². The second-order valence-corrected chi connectivity index (χ2v) is 20.9. The summed E-state index contributed by atoms with van der Waals surface area (Å²) in [6, 6.07) is 23.7. The molecule has 2 aromatic carbocycles. The van der Waals surface area contributed by atoms with Gasteiger partial charge in [-0.2, -0.15) is 9.97 Å². The van der Waals surface area contributed by atoms with Crippen LogP contribution in [0, 0.1) is 10.8 Å². The Labute approximate surface area is 394 Å². The molecular formula is C48H50N12O6S2. The lowest BCUT2D eigenvalue weighted by Crippen LogP contribution is -2.29. The van der Waals surface area contributed by atoms with Gasteiger partial charge in [0.15, 0.2) is 0 Å². The van der Waals surface area contributed by atoms with Crippen LogP contribution in [0.4, 0.5) is 23.3 Å². The molecule has 8 rings (SSSR count). The molecule has 20 heteroatoms. The normalized spacial score (nSPS) is 12.1. The van der Waals surface area contributed by atoms with Crippen molar-refractivity contribution >= 4 is 64.9 Å². The van der Waals surface area contributed by atoms with Crippen LogP contribution >= 0.6 is 0 Å². The van der Waals surface area contributed by atoms with Crippen molar-refractivity contribution in [3.05, 3.63) is 122 Å². The Balaban J connectivity index is 0.920. The average molecular weight is 955 g/mol. The fourth-order valence-corrected chi connectivity index (χ4v) is 9.52. The van der Waals surface area contributed by atoms with Crippen LogP contribution in [-0.2, 0) is 20.0 Å². The van der Waals surface area contributed by atoms with Gasteiger partial charge >= 0.3 is 0 Å². The van der Waals surface area contributed by atoms with Gasteiger partial charge in [-0.3, -0.25) is 19.4 Å². The van der Waals surface area contributed by atoms with Crippen LogP contribution in [0.5, 0.6) is 11.8 Å². The van der Waals surface area contributed by atoms with E-state index in [4.69, 9.17) is 24.4 Å². The van der Waals surface area contributed by atoms with Gasteiger partial charge in [0.05, 0.1) is 41.0 Å². The highest BCUT2D eigenvalue weighted by Crippen LogP contribution is 2.38. The predicted molar refractivity (Wildman–Crippen MR) is 263 cm³/mol. The molecule has 0 atom stereocenters. The minimum Gasteiger partial charge on any atom is -0.481 e. The number of nitrogens with zero attached hydrogens (tertiary/aromatic N) is 8. The predicted octanol–water partition coefficient (Wildman–Crippen LogP) is 8.46. The first kappa shape index (κ1) is 46.9. The van der Waals surface area contributed by atoms with Crippen LogP contribution in [0.3, 0.4) is 0 Å². The summed E-state index contributed by atoms with van der Waals surface area (Å²) in [6.07, 6.45) is 10.5. The summed E-state index contributed by atoms with van der Waals surface area (Å²) in [7, 11) is -4.71. The smallest absolute Gasteiger partial charge is 0.263 e. The first-order valence-corrected chi connectivity index (χ1v) is 24.4. The van der Waals surface area contributed by atoms with E-state index in [1.807, 2.05) is 18.2 Å². The number of hydrogen-bond donors (Lipinski definition) is 4. The topological polar surface area (TPSA) is 238 Å². The molecule has 350 valence electrons. The molecule has 0 spiro atoms. The van der Waals surface area contributed by atoms with E-state index in [1.54, 1.807) is 75.1 Å². The Morgan fingerprint density at radius 2 is 1.06 bits per heavy atom. The third-order valence-corrected chi connectivity index (χ3v) is 14.0. The number of anilines is 4. The molecule has 8 aromatic rings. The van der Waals surface area contributed by atoms with Gasteiger partial charge in [-0.05, 0) is 101 Å². The summed E-state index contributed by atoms with van der Waals surface area (Å²) in [5.74, 6) is 2.37. The fraction of sp³-hybridized carbons (Fsp3) is 0.250. The second kappa shape index (κ2) is 19.3. The van der Waals surface area contributed by atoms with Crippen molar-refractivity contribution in [3.63, 3.8) is 0 Å². The van der Waals surface area contributed by atoms with Crippen molar-refractivity contribution in [3.8, 4) is 34.3 Å². The van der Waals surface area contributed by atoms with Crippen molar-refractivity contribution in [2.24, 2.45) is 10.8 Å². The number of ether oxygens (including phenoxy) is 2. The monoisotopic (exact) mass is 954 g/mol. The molecule has 0 aliphatic heterocycles. The number of aromatic nitrogens is 8. The Bertz CT molecular complexity index is 3330. The number of benzene rings is 2. The highest BCUT2D eigenvalue weighted by Gasteiger charge is 2.27. The van der Waals surface area contributed by atoms with Crippen molar-refractivity contribution in [2.45, 2.75) is 50.3 Å². The molecule has 18 nitrogen and oxygen atoms in total. The molecular weight excluding hydrogens is 905 g/mol. The standard InChI is InChI=1S/C48H50N12O6S2/c1-47(2,27-53-39-13-11-38(46(57-39)66-6)44-36-10-8-34(26-32(36)16-24-52-44)68(63,64)60-41-18-22-50-30-56-41)19-20-48(3,4)28-54-45-37(12-14-42(58-45)65-5)43-35-9-7-33(25-31(35)15-23-51-43)67(61,62)59-40-17-21-49-29-55-40/h7-18,21-26,29-30H,19-20,27-28H2,1-6H3,(H,53,57)(H,54,58)(H,49,55,59)(H,50,56,60). The minimum atomic E-state index is -3.92. The Morgan fingerprint density at radius 1 is 0.529 bits per heavy atom. The maximum Gasteiger partial charge on any atom is 0.263 e. The Kier molecular flexibility index (Phi) is 13.3. The van der Waals surface area contributed by atoms with Gasteiger partial charge in [-0.15, -0.1) is 0 Å². The number of fused-ring (bicyclic) bond motifs is 2. The largest absolute Gasteiger partial charge is 0.481 e. The highest BCUT2D eigenvalue weighted by atomic mass is 32.2. The van der Waals surface area contributed by atoms with Gasteiger partial charge in [0.1, 0.15) is 35.9 Å². The molecule has 0 aliphatic carbocycles. The van der Waals surface area contributed by atoms with Crippen LogP contribution in [-0.4, -0.2) is 84.0 Å². The Hall–Kier alpha value is -7.58. The molecule has 0 unspecified atom stereocenters. The van der Waals surface area contributed by atoms with Gasteiger partial charge in [-0.1, -0.05) is 39.8 Å². The van der Waals surface area contributed by atoms with Gasteiger partial charge in [0.2, 0.25) is 11.8 Å². The summed E-state index contributed by atoms with van der Waals surface area (Å²) in [5.41, 5.74) is 2.33. The molecule has 68 heavy (non-hydrogen) atoms. The van der Waals surface area contributed by atoms with E-state index in [-0.39, 0.29) is 32.3 Å². The van der Waals surface area contributed by atoms with Crippen molar-refractivity contribution < 1.29 is 26.3 Å². The third-order valence-electron chi connectivity index (χ3n) is 11.3. The minimum absolute atomic E-state index is 0.0777. The molecule has 0 bridgehead atoms. The zero-order chi connectivity index (χ0) is 48.1. The lowest BCUT2D eigenvalue weighted by atomic mass is 9.79. The first-order valence-electron chi connectivity index (χ1n) is 21.5. The second-order valence-electron chi connectivity index (χ2n) is 17.5. The first-order chi connectivity index (χ1) is 32.5. The van der Waals surface area contributed by atoms with E-state index in [9.17, 15) is 16.8 Å². The third kappa shape index (κ3) is 10.8. The lowest BCUT2D eigenvalue weighted by molar-refractivity contribution is 0.260. The number of nitrogens with one attached hydrogen (secondary N) is 4. The van der Waals surface area contributed by atoms with E-state index in [1.165, 1.54) is 43.2 Å². The van der Waals surface area contributed by atoms with Crippen LogP contribution < -0.4 is 29.6 Å². The Morgan fingerprint density at radius 3 is 1.57 bits per heavy atom. The quantitative estimate of drug-likeness (QED) is 0.0594. The summed E-state index contributed by atoms with van der Waals surface area (Å²) in [4.78, 5) is 34.7. The van der Waals surface area contributed by atoms with Crippen molar-refractivity contribution in [1.29, 1.82) is 0 Å². The average Bonchev–Trinajstić information content (AvgIpc) is 3.34. The molecule has 0 fully saturated rings. The van der Waals surface area contributed by atoms with Crippen LogP contribution in [0.1, 0.15) is 40.5 Å². The molecule has 0 amide bonds. The summed E-state index contributed by atoms with van der Waals surface area (Å²) < 4.78 is 69.1. The summed E-state index contributed by atoms with van der Waals surface area (Å²) >= 11 is 0. The molecule has 6 heterocycles. The van der Waals surface area contributed by atoms with Crippen molar-refractivity contribution in [2.75, 3.05) is 47.4 Å². The van der Waals surface area contributed by atoms with Gasteiger partial charge in [0, 0.05) is 60.3 Å². The van der Waals surface area contributed by atoms with Gasteiger partial charge in [0.25, 0.3) is 20.0 Å². The van der Waals surface area contributed by atoms with E-state index in [0.717, 1.165) is 29.2 Å². The molecule has 0 saturated carbocycles. The molecule has 6 aromatic heterocycles. The summed E-state index contributed by atoms with van der Waals surface area (Å²) in [5, 5.41) is 9.93. The van der Waals surface area contributed by atoms with Crippen LogP contribution in [0.25, 0.3) is 44.1 Å². The van der Waals surface area contributed by atoms with Gasteiger partial charge < -0.3 is 20.1 Å². The van der Waals surface area contributed by atoms with Gasteiger partial charge in [-0.25, -0.2) is 36.8 Å². The molecule has 0 aliphatic rings. The lowest BCUT2D eigenvalue weighted by Gasteiger charge is -2.32. The van der Waals surface area contributed by atoms with Crippen LogP contribution in [0.15, 0.2) is 132 Å². The fourth-order valence-electron chi connectivity index (χ4n) is 7.43. The molecule has 4 N–H and O–H groups in total. The maximum absolute atomic E-state index is 13.2. The van der Waals surface area contributed by atoms with Crippen LogP contribution in [0.2, 0.25) is 0 Å². The number of sulfonamides is 2. The molecule has 0 radical (unpaired) electrons. The van der Waals surface area contributed by atoms with E-state index in [2.05, 4.69) is 72.7 Å². The number of hydrogen-bond acceptors (Lipinski definition) is 16. The van der Waals surface area contributed by atoms with E-state index in [0.29, 0.717) is 64.2 Å². The zero-order valence-corrected chi connectivity index (χ0v) is 39.9. The SMILES string of the molecule is COc1ccc(-c2nccc3cc(S(=O)(=O)Nc4ccncn4)ccc23)c(NCC(C)(C)CCC(C)(C)CNc2ccc(-c3nccc4cc(S(=O)(=O)Nc5ccncn5)ccc34)c(OC)n2)n1. The number of pyridine rings is 4. The highest BCUT2D eigenvalue weighted by molar-refractivity contribution is 7.93. The van der Waals surface area contributed by atoms with E-state index >= 15 is 0 Å². The summed E-state index contributed by atoms with van der Waals surface area (Å²) in [6.45, 7) is 10.1. The zero-order valence-electron chi connectivity index (χ0n) is 38.2. The number of rotatable bonds is 19. The maximum atomic E-state index is 13.2. The number of methoxy groups -OCH3 is 2. The van der Waals surface area contributed by atoms with E-state index < -0.39 is 20.0 Å². The molecule has 0 saturated heterocycles.